The third kappa shape index (κ3) is 5.34. The number of carboxylic acid groups (broad SMARTS) is 1. The summed E-state index contributed by atoms with van der Waals surface area (Å²) in [7, 11) is 2.59. The summed E-state index contributed by atoms with van der Waals surface area (Å²) in [4.78, 5) is 64.3. The zero-order chi connectivity index (χ0) is 24.8. The SMILES string of the molecule is COC(=O)CCC(=O)Nc1cccc2c1-c1ccc(N=C(CCC(=O)O)OC)cc1C(=O)C2=O. The van der Waals surface area contributed by atoms with Gasteiger partial charge in [-0.3, -0.25) is 24.0 Å². The zero-order valence-corrected chi connectivity index (χ0v) is 18.5. The van der Waals surface area contributed by atoms with Gasteiger partial charge in [0.15, 0.2) is 5.90 Å². The first-order valence-corrected chi connectivity index (χ1v) is 10.3. The van der Waals surface area contributed by atoms with Crippen LogP contribution in [-0.4, -0.2) is 54.6 Å². The van der Waals surface area contributed by atoms with E-state index in [-0.39, 0.29) is 42.7 Å². The maximum Gasteiger partial charge on any atom is 0.306 e. The number of nitrogens with zero attached hydrogens (tertiary/aromatic N) is 1. The highest BCUT2D eigenvalue weighted by Crippen LogP contribution is 2.40. The fourth-order valence-electron chi connectivity index (χ4n) is 3.48. The number of benzene rings is 2. The molecule has 0 fully saturated rings. The lowest BCUT2D eigenvalue weighted by molar-refractivity contribution is -0.141. The maximum atomic E-state index is 12.8. The lowest BCUT2D eigenvalue weighted by Gasteiger charge is -2.21. The molecular formula is C24H22N2O8. The van der Waals surface area contributed by atoms with Gasteiger partial charge in [0.05, 0.1) is 32.7 Å². The minimum atomic E-state index is -1.01. The normalized spacial score (nSPS) is 12.5. The van der Waals surface area contributed by atoms with E-state index in [1.54, 1.807) is 24.3 Å². The highest BCUT2D eigenvalue weighted by molar-refractivity contribution is 6.53. The molecule has 10 heteroatoms. The number of ketones is 2. The minimum absolute atomic E-state index is 0.0559. The van der Waals surface area contributed by atoms with Crippen LogP contribution in [0, 0.1) is 0 Å². The molecule has 1 aliphatic rings. The summed E-state index contributed by atoms with van der Waals surface area (Å²) in [6.07, 6.45) is -0.335. The molecule has 0 aromatic heterocycles. The summed E-state index contributed by atoms with van der Waals surface area (Å²) in [5, 5.41) is 11.6. The van der Waals surface area contributed by atoms with Gasteiger partial charge in [0.1, 0.15) is 0 Å². The standard InChI is InChI=1S/C24H22N2O8/c1-33-19(9-10-20(28)29)25-13-6-7-14-16(12-13)24(32)23(31)15-4-3-5-17(22(14)15)26-18(27)8-11-21(30)34-2/h3-7,12H,8-11H2,1-2H3,(H,26,27)(H,28,29). The number of hydrogen-bond acceptors (Lipinski definition) is 8. The molecule has 0 heterocycles. The lowest BCUT2D eigenvalue weighted by Crippen LogP contribution is -2.23. The molecule has 3 rings (SSSR count). The Kier molecular flexibility index (Phi) is 7.52. The predicted octanol–water partition coefficient (Wildman–Crippen LogP) is 3.17. The Hall–Kier alpha value is -4.34. The number of esters is 1. The van der Waals surface area contributed by atoms with E-state index in [1.807, 2.05) is 0 Å². The summed E-state index contributed by atoms with van der Waals surface area (Å²) in [6.45, 7) is 0. The number of anilines is 1. The molecule has 1 amide bonds. The van der Waals surface area contributed by atoms with Gasteiger partial charge in [0, 0.05) is 35.2 Å². The fraction of sp³-hybridized carbons (Fsp3) is 0.250. The molecule has 10 nitrogen and oxygen atoms in total. The smallest absolute Gasteiger partial charge is 0.306 e. The van der Waals surface area contributed by atoms with Crippen molar-refractivity contribution < 1.29 is 38.6 Å². The quantitative estimate of drug-likeness (QED) is 0.261. The first kappa shape index (κ1) is 24.3. The number of nitrogens with one attached hydrogen (secondary N) is 1. The van der Waals surface area contributed by atoms with Gasteiger partial charge in [-0.15, -0.1) is 0 Å². The number of aliphatic carboxylic acids is 1. The molecule has 2 N–H and O–H groups in total. The number of carbonyl (C=O) groups is 5. The molecule has 0 saturated heterocycles. The topological polar surface area (TPSA) is 148 Å². The Morgan fingerprint density at radius 2 is 1.62 bits per heavy atom. The number of methoxy groups -OCH3 is 2. The Morgan fingerprint density at radius 1 is 0.882 bits per heavy atom. The van der Waals surface area contributed by atoms with Gasteiger partial charge in [-0.1, -0.05) is 18.2 Å². The first-order valence-electron chi connectivity index (χ1n) is 10.3. The van der Waals surface area contributed by atoms with Crippen LogP contribution in [-0.2, 0) is 23.9 Å². The van der Waals surface area contributed by atoms with Crippen LogP contribution in [0.15, 0.2) is 41.4 Å². The van der Waals surface area contributed by atoms with Gasteiger partial charge >= 0.3 is 11.9 Å². The molecule has 0 bridgehead atoms. The second-order valence-electron chi connectivity index (χ2n) is 7.34. The van der Waals surface area contributed by atoms with Crippen molar-refractivity contribution in [2.45, 2.75) is 25.7 Å². The Bertz CT molecular complexity index is 1220. The molecule has 0 spiro atoms. The van der Waals surface area contributed by atoms with Crippen molar-refractivity contribution in [1.29, 1.82) is 0 Å². The fourth-order valence-corrected chi connectivity index (χ4v) is 3.48. The van der Waals surface area contributed by atoms with Gasteiger partial charge in [-0.05, 0) is 23.8 Å². The van der Waals surface area contributed by atoms with Crippen LogP contribution in [0.2, 0.25) is 0 Å². The minimum Gasteiger partial charge on any atom is -0.484 e. The van der Waals surface area contributed by atoms with Crippen LogP contribution >= 0.6 is 0 Å². The van der Waals surface area contributed by atoms with Crippen LogP contribution in [0.3, 0.4) is 0 Å². The van der Waals surface area contributed by atoms with Crippen molar-refractivity contribution in [2.24, 2.45) is 4.99 Å². The van der Waals surface area contributed by atoms with Crippen molar-refractivity contribution in [2.75, 3.05) is 19.5 Å². The second-order valence-corrected chi connectivity index (χ2v) is 7.34. The van der Waals surface area contributed by atoms with Crippen molar-refractivity contribution in [3.8, 4) is 11.1 Å². The number of carboxylic acids is 1. The van der Waals surface area contributed by atoms with Crippen molar-refractivity contribution in [3.63, 3.8) is 0 Å². The summed E-state index contributed by atoms with van der Waals surface area (Å²) in [5.41, 5.74) is 1.71. The van der Waals surface area contributed by atoms with Gasteiger partial charge < -0.3 is 19.9 Å². The molecule has 176 valence electrons. The molecule has 0 aliphatic heterocycles. The van der Waals surface area contributed by atoms with Gasteiger partial charge in [0.2, 0.25) is 17.5 Å². The van der Waals surface area contributed by atoms with Crippen LogP contribution in [0.4, 0.5) is 11.4 Å². The van der Waals surface area contributed by atoms with Crippen LogP contribution in [0.25, 0.3) is 11.1 Å². The van der Waals surface area contributed by atoms with Crippen molar-refractivity contribution >= 4 is 46.7 Å². The molecule has 0 radical (unpaired) electrons. The zero-order valence-electron chi connectivity index (χ0n) is 18.5. The molecule has 0 atom stereocenters. The molecule has 2 aromatic rings. The molecule has 0 unspecified atom stereocenters. The Balaban J connectivity index is 1.98. The summed E-state index contributed by atoms with van der Waals surface area (Å²) >= 11 is 0. The first-order chi connectivity index (χ1) is 16.2. The van der Waals surface area contributed by atoms with E-state index < -0.39 is 29.4 Å². The summed E-state index contributed by atoms with van der Waals surface area (Å²) < 4.78 is 9.66. The number of carbonyl (C=O) groups excluding carboxylic acids is 4. The van der Waals surface area contributed by atoms with Gasteiger partial charge in [0.25, 0.3) is 0 Å². The van der Waals surface area contributed by atoms with Crippen LogP contribution in [0.1, 0.15) is 46.4 Å². The predicted molar refractivity (Wildman–Crippen MR) is 121 cm³/mol. The monoisotopic (exact) mass is 466 g/mol. The lowest BCUT2D eigenvalue weighted by atomic mass is 9.82. The summed E-state index contributed by atoms with van der Waals surface area (Å²) in [6, 6.07) is 9.28. The number of fused-ring (bicyclic) bond motifs is 3. The van der Waals surface area contributed by atoms with E-state index in [1.165, 1.54) is 26.4 Å². The highest BCUT2D eigenvalue weighted by atomic mass is 16.5. The largest absolute Gasteiger partial charge is 0.484 e. The van der Waals surface area contributed by atoms with E-state index in [4.69, 9.17) is 9.84 Å². The van der Waals surface area contributed by atoms with Crippen molar-refractivity contribution in [1.82, 2.24) is 0 Å². The van der Waals surface area contributed by atoms with Gasteiger partial charge in [-0.25, -0.2) is 4.99 Å². The van der Waals surface area contributed by atoms with Crippen LogP contribution < -0.4 is 5.32 Å². The average molecular weight is 466 g/mol. The molecular weight excluding hydrogens is 444 g/mol. The third-order valence-corrected chi connectivity index (χ3v) is 5.13. The highest BCUT2D eigenvalue weighted by Gasteiger charge is 2.32. The van der Waals surface area contributed by atoms with E-state index in [0.717, 1.165) is 0 Å². The number of rotatable bonds is 8. The van der Waals surface area contributed by atoms with Crippen molar-refractivity contribution in [3.05, 3.63) is 47.5 Å². The molecule has 34 heavy (non-hydrogen) atoms. The second kappa shape index (κ2) is 10.5. The number of amides is 1. The Morgan fingerprint density at radius 3 is 2.29 bits per heavy atom. The maximum absolute atomic E-state index is 12.8. The molecule has 0 saturated carbocycles. The molecule has 1 aliphatic carbocycles. The van der Waals surface area contributed by atoms with E-state index in [2.05, 4.69) is 15.0 Å². The van der Waals surface area contributed by atoms with Crippen LogP contribution in [0.5, 0.6) is 0 Å². The number of ether oxygens (including phenoxy) is 2. The molecule has 2 aromatic carbocycles. The Labute approximate surface area is 194 Å². The average Bonchev–Trinajstić information content (AvgIpc) is 2.83. The third-order valence-electron chi connectivity index (χ3n) is 5.13. The summed E-state index contributed by atoms with van der Waals surface area (Å²) in [5.74, 6) is -3.27. The van der Waals surface area contributed by atoms with Gasteiger partial charge in [-0.2, -0.15) is 0 Å². The van der Waals surface area contributed by atoms with E-state index >= 15 is 0 Å². The van der Waals surface area contributed by atoms with E-state index in [0.29, 0.717) is 22.5 Å². The number of hydrogen-bond donors (Lipinski definition) is 2. The number of Topliss-reactive ketones (excluding diaryl/α,β-unsaturated/α-hetero) is 2. The van der Waals surface area contributed by atoms with E-state index in [9.17, 15) is 24.0 Å². The number of aliphatic imine (C=N–C) groups is 1.